The number of aryl methyl sites for hydroxylation is 1. The number of nitrogens with zero attached hydrogens (tertiary/aromatic N) is 1. The van der Waals surface area contributed by atoms with Crippen molar-refractivity contribution in [2.24, 2.45) is 5.10 Å². The predicted molar refractivity (Wildman–Crippen MR) is 123 cm³/mol. The van der Waals surface area contributed by atoms with Gasteiger partial charge < -0.3 is 9.73 Å². The highest BCUT2D eigenvalue weighted by molar-refractivity contribution is 9.10. The SMILES string of the molecule is Cc1c(C(=O)Nc2ccccc2Br)oc2c1/C(=N/NC(=O)Cc1ccccc1)CCC2. The third-order valence-corrected chi connectivity index (χ3v) is 5.87. The maximum Gasteiger partial charge on any atom is 0.291 e. The van der Waals surface area contributed by atoms with Gasteiger partial charge in [-0.3, -0.25) is 9.59 Å². The Kier molecular flexibility index (Phi) is 6.32. The summed E-state index contributed by atoms with van der Waals surface area (Å²) < 4.78 is 6.71. The summed E-state index contributed by atoms with van der Waals surface area (Å²) in [5, 5.41) is 7.25. The number of hydrogen-bond donors (Lipinski definition) is 2. The largest absolute Gasteiger partial charge is 0.455 e. The topological polar surface area (TPSA) is 83.7 Å². The van der Waals surface area contributed by atoms with Gasteiger partial charge >= 0.3 is 0 Å². The molecule has 1 aromatic heterocycles. The summed E-state index contributed by atoms with van der Waals surface area (Å²) in [5.41, 5.74) is 6.55. The van der Waals surface area contributed by atoms with Crippen molar-refractivity contribution in [2.75, 3.05) is 5.32 Å². The van der Waals surface area contributed by atoms with Gasteiger partial charge in [-0.1, -0.05) is 42.5 Å². The molecule has 0 saturated heterocycles. The highest BCUT2D eigenvalue weighted by Crippen LogP contribution is 2.31. The second-order valence-corrected chi connectivity index (χ2v) is 8.25. The molecule has 3 aromatic rings. The van der Waals surface area contributed by atoms with Gasteiger partial charge in [0.25, 0.3) is 5.91 Å². The summed E-state index contributed by atoms with van der Waals surface area (Å²) in [6, 6.07) is 16.9. The second-order valence-electron chi connectivity index (χ2n) is 7.40. The molecule has 7 heteroatoms. The molecular weight excluding hydrogens is 458 g/mol. The number of anilines is 1. The first-order valence-electron chi connectivity index (χ1n) is 10.1. The lowest BCUT2D eigenvalue weighted by atomic mass is 9.93. The number of carbonyl (C=O) groups excluding carboxylic acids is 2. The van der Waals surface area contributed by atoms with Crippen molar-refractivity contribution in [3.05, 3.63) is 87.3 Å². The van der Waals surface area contributed by atoms with Gasteiger partial charge in [-0.25, -0.2) is 5.43 Å². The third-order valence-electron chi connectivity index (χ3n) is 5.18. The monoisotopic (exact) mass is 479 g/mol. The number of fused-ring (bicyclic) bond motifs is 1. The normalized spacial score (nSPS) is 14.2. The van der Waals surface area contributed by atoms with E-state index in [9.17, 15) is 9.59 Å². The first kappa shape index (κ1) is 21.1. The molecule has 0 atom stereocenters. The first-order chi connectivity index (χ1) is 15.0. The van der Waals surface area contributed by atoms with Crippen LogP contribution in [0.15, 0.2) is 68.6 Å². The number of para-hydroxylation sites is 1. The van der Waals surface area contributed by atoms with E-state index in [2.05, 4.69) is 31.8 Å². The summed E-state index contributed by atoms with van der Waals surface area (Å²) in [6.45, 7) is 1.85. The number of amides is 2. The minimum atomic E-state index is -0.314. The van der Waals surface area contributed by atoms with Gasteiger partial charge in [-0.2, -0.15) is 5.10 Å². The Balaban J connectivity index is 1.52. The zero-order valence-corrected chi connectivity index (χ0v) is 18.7. The van der Waals surface area contributed by atoms with Crippen LogP contribution < -0.4 is 10.7 Å². The fourth-order valence-corrected chi connectivity index (χ4v) is 4.07. The summed E-state index contributed by atoms with van der Waals surface area (Å²) in [7, 11) is 0. The third kappa shape index (κ3) is 4.77. The Morgan fingerprint density at radius 1 is 1.06 bits per heavy atom. The van der Waals surface area contributed by atoms with Crippen LogP contribution in [0.5, 0.6) is 0 Å². The fraction of sp³-hybridized carbons (Fsp3) is 0.208. The van der Waals surface area contributed by atoms with Crippen LogP contribution in [0, 0.1) is 6.92 Å². The van der Waals surface area contributed by atoms with E-state index in [0.717, 1.165) is 45.5 Å². The molecule has 4 rings (SSSR count). The van der Waals surface area contributed by atoms with Crippen LogP contribution in [0.4, 0.5) is 5.69 Å². The quantitative estimate of drug-likeness (QED) is 0.504. The fourth-order valence-electron chi connectivity index (χ4n) is 3.69. The molecular formula is C24H22BrN3O3. The minimum Gasteiger partial charge on any atom is -0.455 e. The molecule has 2 amide bonds. The van der Waals surface area contributed by atoms with E-state index in [0.29, 0.717) is 12.1 Å². The zero-order chi connectivity index (χ0) is 21.8. The Labute approximate surface area is 188 Å². The predicted octanol–water partition coefficient (Wildman–Crippen LogP) is 5.00. The molecule has 31 heavy (non-hydrogen) atoms. The molecule has 2 N–H and O–H groups in total. The number of nitrogens with one attached hydrogen (secondary N) is 2. The number of rotatable bonds is 5. The molecule has 1 aliphatic rings. The van der Waals surface area contributed by atoms with Crippen molar-refractivity contribution < 1.29 is 14.0 Å². The van der Waals surface area contributed by atoms with Gasteiger partial charge in [0.2, 0.25) is 5.91 Å². The minimum absolute atomic E-state index is 0.182. The van der Waals surface area contributed by atoms with Crippen LogP contribution in [0.25, 0.3) is 0 Å². The molecule has 158 valence electrons. The van der Waals surface area contributed by atoms with Crippen LogP contribution in [-0.2, 0) is 17.6 Å². The number of benzene rings is 2. The van der Waals surface area contributed by atoms with E-state index in [1.54, 1.807) is 0 Å². The number of hydrogen-bond acceptors (Lipinski definition) is 4. The Morgan fingerprint density at radius 2 is 1.81 bits per heavy atom. The first-order valence-corrected chi connectivity index (χ1v) is 10.9. The molecule has 6 nitrogen and oxygen atoms in total. The van der Waals surface area contributed by atoms with E-state index in [-0.39, 0.29) is 24.0 Å². The molecule has 0 radical (unpaired) electrons. The van der Waals surface area contributed by atoms with Gasteiger partial charge in [0.15, 0.2) is 5.76 Å². The molecule has 0 saturated carbocycles. The van der Waals surface area contributed by atoms with E-state index >= 15 is 0 Å². The van der Waals surface area contributed by atoms with Crippen LogP contribution in [-0.4, -0.2) is 17.5 Å². The number of furan rings is 1. The molecule has 0 bridgehead atoms. The molecule has 2 aromatic carbocycles. The summed E-state index contributed by atoms with van der Waals surface area (Å²) in [4.78, 5) is 25.1. The van der Waals surface area contributed by atoms with Gasteiger partial charge in [0, 0.05) is 22.0 Å². The van der Waals surface area contributed by atoms with E-state index in [4.69, 9.17) is 4.42 Å². The van der Waals surface area contributed by atoms with Crippen molar-refractivity contribution in [3.8, 4) is 0 Å². The smallest absolute Gasteiger partial charge is 0.291 e. The van der Waals surface area contributed by atoms with Crippen molar-refractivity contribution in [3.63, 3.8) is 0 Å². The highest BCUT2D eigenvalue weighted by atomic mass is 79.9. The Bertz CT molecular complexity index is 1150. The summed E-state index contributed by atoms with van der Waals surface area (Å²) >= 11 is 3.44. The zero-order valence-electron chi connectivity index (χ0n) is 17.1. The van der Waals surface area contributed by atoms with Crippen molar-refractivity contribution in [1.82, 2.24) is 5.43 Å². The van der Waals surface area contributed by atoms with E-state index in [1.807, 2.05) is 61.5 Å². The number of carbonyl (C=O) groups is 2. The van der Waals surface area contributed by atoms with Crippen molar-refractivity contribution in [2.45, 2.75) is 32.6 Å². The van der Waals surface area contributed by atoms with Gasteiger partial charge in [-0.15, -0.1) is 0 Å². The van der Waals surface area contributed by atoms with E-state index in [1.165, 1.54) is 0 Å². The van der Waals surface area contributed by atoms with Crippen LogP contribution in [0.1, 0.15) is 45.8 Å². The Morgan fingerprint density at radius 3 is 2.58 bits per heavy atom. The average molecular weight is 480 g/mol. The number of halogens is 1. The number of hydrazone groups is 1. The van der Waals surface area contributed by atoms with Crippen LogP contribution in [0.3, 0.4) is 0 Å². The molecule has 1 heterocycles. The lowest BCUT2D eigenvalue weighted by Crippen LogP contribution is -2.23. The molecule has 1 aliphatic carbocycles. The molecule has 0 spiro atoms. The van der Waals surface area contributed by atoms with Crippen molar-refractivity contribution in [1.29, 1.82) is 0 Å². The maximum atomic E-state index is 12.8. The molecule has 0 fully saturated rings. The van der Waals surface area contributed by atoms with Gasteiger partial charge in [0.05, 0.1) is 17.8 Å². The standard InChI is InChI=1S/C24H22BrN3O3/c1-15-22-19(27-28-21(29)14-16-8-3-2-4-9-16)12-7-13-20(22)31-23(15)24(30)26-18-11-6-5-10-17(18)25/h2-6,8-11H,7,12-14H2,1H3,(H,26,30)(H,28,29)/b27-19+. The summed E-state index contributed by atoms with van der Waals surface area (Å²) in [6.07, 6.45) is 2.55. The van der Waals surface area contributed by atoms with Crippen LogP contribution in [0.2, 0.25) is 0 Å². The lowest BCUT2D eigenvalue weighted by Gasteiger charge is -2.13. The second kappa shape index (κ2) is 9.31. The van der Waals surface area contributed by atoms with Crippen LogP contribution >= 0.6 is 15.9 Å². The summed E-state index contributed by atoms with van der Waals surface area (Å²) in [5.74, 6) is 0.508. The van der Waals surface area contributed by atoms with E-state index < -0.39 is 0 Å². The molecule has 0 unspecified atom stereocenters. The van der Waals surface area contributed by atoms with Crippen molar-refractivity contribution >= 4 is 39.1 Å². The molecule has 0 aliphatic heterocycles. The maximum absolute atomic E-state index is 12.8. The Hall–Kier alpha value is -3.19. The lowest BCUT2D eigenvalue weighted by molar-refractivity contribution is -0.120. The van der Waals surface area contributed by atoms with Gasteiger partial charge in [0.1, 0.15) is 5.76 Å². The van der Waals surface area contributed by atoms with Gasteiger partial charge in [-0.05, 0) is 53.4 Å². The average Bonchev–Trinajstić information content (AvgIpc) is 3.12. The highest BCUT2D eigenvalue weighted by Gasteiger charge is 2.28.